The van der Waals surface area contributed by atoms with Crippen LogP contribution in [0.25, 0.3) is 59.6 Å². The van der Waals surface area contributed by atoms with Crippen LogP contribution in [-0.2, 0) is 0 Å². The molecule has 0 saturated heterocycles. The standard InChI is InChI=1S/C50H31F2N3/c51-42-19-9-11-21-44(42)53(34-14-3-1-4-15-34)36-25-23-33-29-41-39-27-26-37(54(35-16-5-2-6-17-35)45-22-12-10-20-43(45)52)31-47(39)55-46-28-24-32-13-7-8-18-38(32)48(46)49(50(41)55)40(33)30-36/h1-31H. The van der Waals surface area contributed by atoms with Crippen LogP contribution < -0.4 is 9.80 Å². The van der Waals surface area contributed by atoms with Crippen molar-refractivity contribution in [1.29, 1.82) is 0 Å². The number of para-hydroxylation sites is 4. The Balaban J connectivity index is 1.25. The molecule has 0 amide bonds. The van der Waals surface area contributed by atoms with E-state index in [-0.39, 0.29) is 11.6 Å². The molecule has 0 aliphatic heterocycles. The van der Waals surface area contributed by atoms with Crippen LogP contribution in [0.2, 0.25) is 0 Å². The molecule has 0 aliphatic rings. The summed E-state index contributed by atoms with van der Waals surface area (Å²) in [5.41, 5.74) is 7.67. The topological polar surface area (TPSA) is 10.9 Å². The molecule has 3 nitrogen and oxygen atoms in total. The molecule has 0 radical (unpaired) electrons. The van der Waals surface area contributed by atoms with Crippen molar-refractivity contribution in [3.63, 3.8) is 0 Å². The number of hydrogen-bond acceptors (Lipinski definition) is 2. The van der Waals surface area contributed by atoms with E-state index in [0.29, 0.717) is 11.4 Å². The smallest absolute Gasteiger partial charge is 0.147 e. The van der Waals surface area contributed by atoms with Crippen LogP contribution in [0, 0.1) is 11.6 Å². The van der Waals surface area contributed by atoms with Gasteiger partial charge in [0.1, 0.15) is 11.6 Å². The largest absolute Gasteiger partial charge is 0.308 e. The SMILES string of the molecule is Fc1ccccc1N(c1ccccc1)c1ccc2cc3c4ccc(N(c5ccccc5)c5ccccc5F)cc4n4c5ccc6ccccc6c5c(c2c1)c34. The van der Waals surface area contributed by atoms with E-state index in [0.717, 1.165) is 71.6 Å². The zero-order valence-electron chi connectivity index (χ0n) is 29.5. The van der Waals surface area contributed by atoms with E-state index in [1.165, 1.54) is 22.9 Å². The summed E-state index contributed by atoms with van der Waals surface area (Å²) in [6, 6.07) is 61.9. The summed E-state index contributed by atoms with van der Waals surface area (Å²) in [5, 5.41) is 9.07. The highest BCUT2D eigenvalue weighted by Gasteiger charge is 2.25. The quantitative estimate of drug-likeness (QED) is 0.170. The number of benzene rings is 9. The number of hydrogen-bond donors (Lipinski definition) is 0. The van der Waals surface area contributed by atoms with Gasteiger partial charge in [-0.3, -0.25) is 0 Å². The molecular formula is C50H31F2N3. The van der Waals surface area contributed by atoms with Gasteiger partial charge in [0.05, 0.1) is 27.9 Å². The van der Waals surface area contributed by atoms with Crippen LogP contribution in [0.4, 0.5) is 42.9 Å². The molecule has 0 fully saturated rings. The molecule has 260 valence electrons. The van der Waals surface area contributed by atoms with Crippen molar-refractivity contribution in [3.05, 3.63) is 200 Å². The Morgan fingerprint density at radius 1 is 0.345 bits per heavy atom. The predicted molar refractivity (Wildman–Crippen MR) is 225 cm³/mol. The van der Waals surface area contributed by atoms with Crippen molar-refractivity contribution >= 4 is 93.8 Å². The van der Waals surface area contributed by atoms with Gasteiger partial charge in [-0.25, -0.2) is 8.78 Å². The van der Waals surface area contributed by atoms with Crippen LogP contribution in [0.5, 0.6) is 0 Å². The van der Waals surface area contributed by atoms with E-state index >= 15 is 8.78 Å². The van der Waals surface area contributed by atoms with Crippen molar-refractivity contribution < 1.29 is 8.78 Å². The first kappa shape index (κ1) is 31.3. The summed E-state index contributed by atoms with van der Waals surface area (Å²) < 4.78 is 33.6. The summed E-state index contributed by atoms with van der Waals surface area (Å²) in [6.07, 6.45) is 0. The van der Waals surface area contributed by atoms with Crippen molar-refractivity contribution in [2.45, 2.75) is 0 Å². The van der Waals surface area contributed by atoms with Gasteiger partial charge in [0, 0.05) is 44.3 Å². The molecule has 11 rings (SSSR count). The molecule has 0 atom stereocenters. The van der Waals surface area contributed by atoms with Crippen LogP contribution in [0.1, 0.15) is 0 Å². The minimum atomic E-state index is -0.294. The summed E-state index contributed by atoms with van der Waals surface area (Å²) in [7, 11) is 0. The number of halogens is 2. The van der Waals surface area contributed by atoms with Gasteiger partial charge in [-0.2, -0.15) is 0 Å². The highest BCUT2D eigenvalue weighted by Crippen LogP contribution is 2.48. The molecule has 0 unspecified atom stereocenters. The lowest BCUT2D eigenvalue weighted by Crippen LogP contribution is -2.11. The van der Waals surface area contributed by atoms with Crippen molar-refractivity contribution in [2.75, 3.05) is 9.80 Å². The fraction of sp³-hybridized carbons (Fsp3) is 0. The van der Waals surface area contributed by atoms with Crippen molar-refractivity contribution in [2.24, 2.45) is 0 Å². The fourth-order valence-electron chi connectivity index (χ4n) is 8.63. The lowest BCUT2D eigenvalue weighted by atomic mass is 9.96. The maximum Gasteiger partial charge on any atom is 0.147 e. The van der Waals surface area contributed by atoms with Gasteiger partial charge < -0.3 is 14.2 Å². The predicted octanol–water partition coefficient (Wildman–Crippen LogP) is 14.4. The molecule has 55 heavy (non-hydrogen) atoms. The fourth-order valence-corrected chi connectivity index (χ4v) is 8.63. The van der Waals surface area contributed by atoms with E-state index in [9.17, 15) is 0 Å². The van der Waals surface area contributed by atoms with Gasteiger partial charge >= 0.3 is 0 Å². The molecule has 0 bridgehead atoms. The highest BCUT2D eigenvalue weighted by molar-refractivity contribution is 6.35. The maximum absolute atomic E-state index is 15.6. The van der Waals surface area contributed by atoms with Gasteiger partial charge in [-0.1, -0.05) is 103 Å². The second kappa shape index (κ2) is 12.2. The molecule has 9 aromatic carbocycles. The lowest BCUT2D eigenvalue weighted by molar-refractivity contribution is 0.628. The van der Waals surface area contributed by atoms with E-state index in [4.69, 9.17) is 0 Å². The molecule has 0 aliphatic carbocycles. The second-order valence-corrected chi connectivity index (χ2v) is 14.0. The first-order valence-corrected chi connectivity index (χ1v) is 18.4. The van der Waals surface area contributed by atoms with Gasteiger partial charge in [0.15, 0.2) is 0 Å². The number of rotatable bonds is 6. The van der Waals surface area contributed by atoms with Crippen LogP contribution >= 0.6 is 0 Å². The number of aromatic nitrogens is 1. The van der Waals surface area contributed by atoms with Gasteiger partial charge in [0.25, 0.3) is 0 Å². The number of anilines is 6. The maximum atomic E-state index is 15.6. The Labute approximate surface area is 315 Å². The summed E-state index contributed by atoms with van der Waals surface area (Å²) in [6.45, 7) is 0. The summed E-state index contributed by atoms with van der Waals surface area (Å²) >= 11 is 0. The Morgan fingerprint density at radius 2 is 0.909 bits per heavy atom. The van der Waals surface area contributed by atoms with Crippen LogP contribution in [-0.4, -0.2) is 4.40 Å². The Hall–Kier alpha value is -7.24. The highest BCUT2D eigenvalue weighted by atomic mass is 19.1. The first-order chi connectivity index (χ1) is 27.1. The lowest BCUT2D eigenvalue weighted by Gasteiger charge is -2.26. The average Bonchev–Trinajstić information content (AvgIpc) is 3.75. The molecule has 2 aromatic heterocycles. The zero-order chi connectivity index (χ0) is 36.6. The van der Waals surface area contributed by atoms with Crippen LogP contribution in [0.3, 0.4) is 0 Å². The monoisotopic (exact) mass is 711 g/mol. The Morgan fingerprint density at radius 3 is 1.58 bits per heavy atom. The molecule has 5 heteroatoms. The Bertz CT molecular complexity index is 3250. The second-order valence-electron chi connectivity index (χ2n) is 14.0. The van der Waals surface area contributed by atoms with E-state index in [1.807, 2.05) is 94.7 Å². The third kappa shape index (κ3) is 4.73. The first-order valence-electron chi connectivity index (χ1n) is 18.4. The molecule has 0 spiro atoms. The number of fused-ring (bicyclic) bond motifs is 10. The van der Waals surface area contributed by atoms with E-state index < -0.39 is 0 Å². The van der Waals surface area contributed by atoms with E-state index in [2.05, 4.69) is 83.3 Å². The van der Waals surface area contributed by atoms with Crippen LogP contribution in [0.15, 0.2) is 188 Å². The van der Waals surface area contributed by atoms with Crippen molar-refractivity contribution in [3.8, 4) is 0 Å². The van der Waals surface area contributed by atoms with Gasteiger partial charge in [0.2, 0.25) is 0 Å². The molecule has 2 heterocycles. The number of nitrogens with zero attached hydrogens (tertiary/aromatic N) is 3. The van der Waals surface area contributed by atoms with Gasteiger partial charge in [-0.05, 0) is 106 Å². The normalized spacial score (nSPS) is 11.8. The average molecular weight is 712 g/mol. The third-order valence-electron chi connectivity index (χ3n) is 11.0. The minimum absolute atomic E-state index is 0.293. The Kier molecular flexibility index (Phi) is 6.92. The van der Waals surface area contributed by atoms with Crippen molar-refractivity contribution in [1.82, 2.24) is 4.40 Å². The molecular weight excluding hydrogens is 681 g/mol. The van der Waals surface area contributed by atoms with Gasteiger partial charge in [-0.15, -0.1) is 0 Å². The summed E-state index contributed by atoms with van der Waals surface area (Å²) in [5.74, 6) is -0.587. The zero-order valence-corrected chi connectivity index (χ0v) is 29.5. The molecule has 0 N–H and O–H groups in total. The minimum Gasteiger partial charge on any atom is -0.308 e. The summed E-state index contributed by atoms with van der Waals surface area (Å²) in [4.78, 5) is 3.98. The molecule has 11 aromatic rings. The third-order valence-corrected chi connectivity index (χ3v) is 11.0. The van der Waals surface area contributed by atoms with E-state index in [1.54, 1.807) is 12.1 Å². The molecule has 0 saturated carbocycles.